The molecule has 3 aromatic rings. The van der Waals surface area contributed by atoms with Gasteiger partial charge in [-0.2, -0.15) is 8.42 Å². The highest BCUT2D eigenvalue weighted by molar-refractivity contribution is 7.86. The molecule has 7 heteroatoms. The third-order valence-corrected chi connectivity index (χ3v) is 4.37. The van der Waals surface area contributed by atoms with Crippen molar-refractivity contribution in [2.45, 2.75) is 6.92 Å². The van der Waals surface area contributed by atoms with E-state index in [1.54, 1.807) is 36.5 Å². The Bertz CT molecular complexity index is 963. The summed E-state index contributed by atoms with van der Waals surface area (Å²) in [4.78, 5) is 0. The van der Waals surface area contributed by atoms with Gasteiger partial charge in [0, 0.05) is 18.0 Å². The molecule has 124 valence electrons. The van der Waals surface area contributed by atoms with Gasteiger partial charge in [-0.05, 0) is 25.1 Å². The molecular formula is C17H17N2O4S+. The zero-order valence-electron chi connectivity index (χ0n) is 13.0. The predicted octanol–water partition coefficient (Wildman–Crippen LogP) is 2.58. The van der Waals surface area contributed by atoms with Gasteiger partial charge in [-0.1, -0.05) is 30.3 Å². The molecule has 3 rings (SSSR count). The molecule has 0 bridgehead atoms. The number of rotatable bonds is 6. The fourth-order valence-electron chi connectivity index (χ4n) is 2.07. The molecule has 1 aromatic heterocycles. The number of para-hydroxylation sites is 3. The van der Waals surface area contributed by atoms with Crippen LogP contribution < -0.4 is 14.3 Å². The smallest absolute Gasteiger partial charge is 0.395 e. The average Bonchev–Trinajstić information content (AvgIpc) is 2.93. The lowest BCUT2D eigenvalue weighted by molar-refractivity contribution is -0.839. The Balaban J connectivity index is 1.94. The van der Waals surface area contributed by atoms with Gasteiger partial charge in [0.2, 0.25) is 5.58 Å². The Morgan fingerprint density at radius 3 is 2.58 bits per heavy atom. The average molecular weight is 345 g/mol. The van der Waals surface area contributed by atoms with Crippen molar-refractivity contribution < 1.29 is 21.8 Å². The molecule has 0 unspecified atom stereocenters. The van der Waals surface area contributed by atoms with E-state index in [0.717, 1.165) is 5.69 Å². The van der Waals surface area contributed by atoms with Crippen LogP contribution in [0.15, 0.2) is 65.2 Å². The van der Waals surface area contributed by atoms with E-state index in [4.69, 9.17) is 8.70 Å². The Hall–Kier alpha value is -2.80. The van der Waals surface area contributed by atoms with Crippen molar-refractivity contribution in [1.29, 1.82) is 0 Å². The van der Waals surface area contributed by atoms with Crippen molar-refractivity contribution in [3.8, 4) is 0 Å². The van der Waals surface area contributed by atoms with Crippen LogP contribution in [0.3, 0.4) is 0 Å². The Kier molecular flexibility index (Phi) is 4.52. The SMILES string of the molecule is CCS(=O)(=O)O[n+]1c(C=CNc2ccccc2)oc2ccccc21. The number of nitrogens with zero attached hydrogens (tertiary/aromatic N) is 1. The van der Waals surface area contributed by atoms with Crippen LogP contribution in [0.4, 0.5) is 5.69 Å². The van der Waals surface area contributed by atoms with E-state index in [1.807, 2.05) is 30.3 Å². The third kappa shape index (κ3) is 3.57. The molecule has 1 N–H and O–H groups in total. The molecule has 0 aliphatic heterocycles. The van der Waals surface area contributed by atoms with Gasteiger partial charge in [-0.3, -0.25) is 0 Å². The van der Waals surface area contributed by atoms with Crippen molar-refractivity contribution in [3.05, 3.63) is 66.7 Å². The van der Waals surface area contributed by atoms with Crippen molar-refractivity contribution in [3.63, 3.8) is 0 Å². The highest BCUT2D eigenvalue weighted by Crippen LogP contribution is 2.14. The molecule has 0 aliphatic carbocycles. The van der Waals surface area contributed by atoms with E-state index in [1.165, 1.54) is 11.7 Å². The Labute approximate surface area is 140 Å². The van der Waals surface area contributed by atoms with Gasteiger partial charge >= 0.3 is 21.5 Å². The molecule has 1 heterocycles. The molecule has 0 saturated heterocycles. The van der Waals surface area contributed by atoms with E-state index in [-0.39, 0.29) is 11.6 Å². The van der Waals surface area contributed by atoms with E-state index in [2.05, 4.69) is 5.32 Å². The number of aromatic nitrogens is 1. The molecule has 6 nitrogen and oxygen atoms in total. The highest BCUT2D eigenvalue weighted by Gasteiger charge is 2.28. The molecule has 0 aliphatic rings. The first kappa shape index (κ1) is 16.1. The standard InChI is InChI=1S/C17H16N2O4S/c1-2-24(20,21)23-19-15-10-6-7-11-16(15)22-17(19)12-13-18-14-8-4-3-5-9-14/h3-13H,2H2,1H3/p+1. The van der Waals surface area contributed by atoms with Crippen LogP contribution in [0.25, 0.3) is 17.2 Å². The zero-order chi connectivity index (χ0) is 17.0. The molecule has 2 aromatic carbocycles. The van der Waals surface area contributed by atoms with Crippen molar-refractivity contribution in [2.75, 3.05) is 11.1 Å². The molecule has 0 amide bonds. The quantitative estimate of drug-likeness (QED) is 0.695. The minimum Gasteiger partial charge on any atom is -0.395 e. The second kappa shape index (κ2) is 6.76. The van der Waals surface area contributed by atoms with Gasteiger partial charge in [0.1, 0.15) is 0 Å². The largest absolute Gasteiger partial charge is 0.426 e. The summed E-state index contributed by atoms with van der Waals surface area (Å²) in [6.45, 7) is 1.52. The lowest BCUT2D eigenvalue weighted by Crippen LogP contribution is -2.47. The zero-order valence-corrected chi connectivity index (χ0v) is 13.9. The molecule has 0 spiro atoms. The maximum absolute atomic E-state index is 11.8. The number of anilines is 1. The molecule has 0 fully saturated rings. The van der Waals surface area contributed by atoms with E-state index < -0.39 is 10.1 Å². The fraction of sp³-hybridized carbons (Fsp3) is 0.118. The Morgan fingerprint density at radius 1 is 1.12 bits per heavy atom. The minimum absolute atomic E-state index is 0.134. The molecule has 24 heavy (non-hydrogen) atoms. The number of nitrogens with one attached hydrogen (secondary N) is 1. The van der Waals surface area contributed by atoms with Crippen LogP contribution in [-0.2, 0) is 10.1 Å². The summed E-state index contributed by atoms with van der Waals surface area (Å²) in [6.07, 6.45) is 3.27. The van der Waals surface area contributed by atoms with Gasteiger partial charge in [-0.25, -0.2) is 0 Å². The fourth-order valence-corrected chi connectivity index (χ4v) is 2.56. The van der Waals surface area contributed by atoms with Crippen molar-refractivity contribution >= 4 is 33.0 Å². The van der Waals surface area contributed by atoms with Crippen LogP contribution in [0.5, 0.6) is 0 Å². The molecule has 0 saturated carbocycles. The lowest BCUT2D eigenvalue weighted by atomic mass is 10.3. The Morgan fingerprint density at radius 2 is 1.83 bits per heavy atom. The number of fused-ring (bicyclic) bond motifs is 1. The number of hydrogen-bond acceptors (Lipinski definition) is 5. The summed E-state index contributed by atoms with van der Waals surface area (Å²) in [5, 5.41) is 3.08. The van der Waals surface area contributed by atoms with Crippen LogP contribution in [0.2, 0.25) is 0 Å². The van der Waals surface area contributed by atoms with E-state index in [0.29, 0.717) is 11.1 Å². The third-order valence-electron chi connectivity index (χ3n) is 3.29. The topological polar surface area (TPSA) is 72.4 Å². The summed E-state index contributed by atoms with van der Waals surface area (Å²) in [6, 6.07) is 16.6. The van der Waals surface area contributed by atoms with Gasteiger partial charge < -0.3 is 9.73 Å². The molecule has 0 atom stereocenters. The van der Waals surface area contributed by atoms with Gasteiger partial charge in [0.05, 0.1) is 16.6 Å². The van der Waals surface area contributed by atoms with Crippen molar-refractivity contribution in [1.82, 2.24) is 0 Å². The second-order valence-corrected chi connectivity index (χ2v) is 6.81. The number of oxazole rings is 1. The van der Waals surface area contributed by atoms with Crippen LogP contribution in [0, 0.1) is 0 Å². The number of benzene rings is 2. The minimum atomic E-state index is -3.68. The summed E-state index contributed by atoms with van der Waals surface area (Å²) < 4.78 is 35.7. The highest BCUT2D eigenvalue weighted by atomic mass is 32.2. The molecule has 0 radical (unpaired) electrons. The van der Waals surface area contributed by atoms with Gasteiger partial charge in [0.15, 0.2) is 0 Å². The summed E-state index contributed by atoms with van der Waals surface area (Å²) in [7, 11) is -3.68. The summed E-state index contributed by atoms with van der Waals surface area (Å²) in [5.74, 6) is 0.127. The van der Waals surface area contributed by atoms with Gasteiger partial charge in [0.25, 0.3) is 0 Å². The van der Waals surface area contributed by atoms with Crippen LogP contribution in [-0.4, -0.2) is 14.2 Å². The normalized spacial score (nSPS) is 11.9. The van der Waals surface area contributed by atoms with Crippen molar-refractivity contribution in [2.24, 2.45) is 0 Å². The monoisotopic (exact) mass is 345 g/mol. The summed E-state index contributed by atoms with van der Waals surface area (Å²) >= 11 is 0. The van der Waals surface area contributed by atoms with Crippen LogP contribution in [0.1, 0.15) is 12.8 Å². The first-order valence-corrected chi connectivity index (χ1v) is 9.01. The maximum Gasteiger partial charge on any atom is 0.426 e. The number of hydrogen-bond donors (Lipinski definition) is 1. The van der Waals surface area contributed by atoms with Gasteiger partial charge in [-0.15, -0.1) is 4.28 Å². The van der Waals surface area contributed by atoms with E-state index >= 15 is 0 Å². The molecular weight excluding hydrogens is 328 g/mol. The second-order valence-electron chi connectivity index (χ2n) is 4.97. The van der Waals surface area contributed by atoms with Crippen LogP contribution >= 0.6 is 0 Å². The predicted molar refractivity (Wildman–Crippen MR) is 91.5 cm³/mol. The lowest BCUT2D eigenvalue weighted by Gasteiger charge is -1.98. The first-order valence-electron chi connectivity index (χ1n) is 7.43. The summed E-state index contributed by atoms with van der Waals surface area (Å²) in [5.41, 5.74) is 1.97. The van der Waals surface area contributed by atoms with E-state index in [9.17, 15) is 8.42 Å². The maximum atomic E-state index is 11.8. The first-order chi connectivity index (χ1) is 11.6.